The quantitative estimate of drug-likeness (QED) is 0.659. The molecule has 2 aliphatic rings. The summed E-state index contributed by atoms with van der Waals surface area (Å²) < 4.78 is 0.902. The van der Waals surface area contributed by atoms with E-state index in [4.69, 9.17) is 0 Å². The van der Waals surface area contributed by atoms with Crippen LogP contribution in [0, 0.1) is 17.8 Å². The summed E-state index contributed by atoms with van der Waals surface area (Å²) in [6.45, 7) is 2.05. The van der Waals surface area contributed by atoms with Gasteiger partial charge < -0.3 is 0 Å². The van der Waals surface area contributed by atoms with Crippen molar-refractivity contribution in [2.75, 3.05) is 0 Å². The molecule has 20 heavy (non-hydrogen) atoms. The van der Waals surface area contributed by atoms with Gasteiger partial charge in [0.1, 0.15) is 0 Å². The number of amides is 1. The predicted octanol–water partition coefficient (Wildman–Crippen LogP) is 3.99. The molecule has 2 fully saturated rings. The van der Waals surface area contributed by atoms with Crippen LogP contribution in [0.4, 0.5) is 0 Å². The molecular formula is C16H19BrN2O. The van der Waals surface area contributed by atoms with Gasteiger partial charge in [-0.05, 0) is 56.2 Å². The van der Waals surface area contributed by atoms with Gasteiger partial charge in [0.05, 0.1) is 0 Å². The zero-order valence-electron chi connectivity index (χ0n) is 11.6. The first-order valence-electron chi connectivity index (χ1n) is 7.23. The highest BCUT2D eigenvalue weighted by Crippen LogP contribution is 2.48. The summed E-state index contributed by atoms with van der Waals surface area (Å²) in [5.41, 5.74) is 4.40. The molecule has 0 saturated heterocycles. The number of benzene rings is 1. The third kappa shape index (κ3) is 2.80. The fourth-order valence-electron chi connectivity index (χ4n) is 3.67. The Bertz CT molecular complexity index is 555. The number of rotatable bonds is 3. The molecule has 4 heteroatoms. The first-order chi connectivity index (χ1) is 9.63. The molecule has 3 nitrogen and oxygen atoms in total. The number of hydrogen-bond acceptors (Lipinski definition) is 2. The molecule has 3 atom stereocenters. The second kappa shape index (κ2) is 5.68. The Hall–Kier alpha value is -1.16. The summed E-state index contributed by atoms with van der Waals surface area (Å²) in [6, 6.07) is 7.35. The fraction of sp³-hybridized carbons (Fsp3) is 0.500. The highest BCUT2D eigenvalue weighted by molar-refractivity contribution is 9.10. The SMILES string of the molecule is C/C(=N/NC(=O)c1cccc(Br)c1)[C@@H]1C[C@H]2CC[C@H]1C2. The summed E-state index contributed by atoms with van der Waals surface area (Å²) in [6.07, 6.45) is 5.34. The monoisotopic (exact) mass is 334 g/mol. The molecular weight excluding hydrogens is 316 g/mol. The van der Waals surface area contributed by atoms with Crippen molar-refractivity contribution in [2.24, 2.45) is 22.9 Å². The van der Waals surface area contributed by atoms with Gasteiger partial charge in [-0.1, -0.05) is 28.4 Å². The van der Waals surface area contributed by atoms with Crippen LogP contribution in [0.3, 0.4) is 0 Å². The predicted molar refractivity (Wildman–Crippen MR) is 83.7 cm³/mol. The number of halogens is 1. The molecule has 0 aromatic heterocycles. The van der Waals surface area contributed by atoms with Crippen molar-refractivity contribution in [1.29, 1.82) is 0 Å². The van der Waals surface area contributed by atoms with E-state index in [0.717, 1.165) is 22.0 Å². The van der Waals surface area contributed by atoms with Crippen molar-refractivity contribution >= 4 is 27.5 Å². The molecule has 0 aliphatic heterocycles. The second-order valence-corrected chi connectivity index (χ2v) is 6.90. The number of nitrogens with one attached hydrogen (secondary N) is 1. The smallest absolute Gasteiger partial charge is 0.267 e. The molecule has 1 aromatic carbocycles. The molecule has 2 bridgehead atoms. The van der Waals surface area contributed by atoms with Crippen LogP contribution >= 0.6 is 15.9 Å². The summed E-state index contributed by atoms with van der Waals surface area (Å²) in [5, 5.41) is 4.33. The van der Waals surface area contributed by atoms with Crippen LogP contribution in [0.2, 0.25) is 0 Å². The Morgan fingerprint density at radius 1 is 1.35 bits per heavy atom. The highest BCUT2D eigenvalue weighted by atomic mass is 79.9. The van der Waals surface area contributed by atoms with Crippen LogP contribution in [0.25, 0.3) is 0 Å². The van der Waals surface area contributed by atoms with E-state index in [9.17, 15) is 4.79 Å². The largest absolute Gasteiger partial charge is 0.271 e. The number of hydrazone groups is 1. The van der Waals surface area contributed by atoms with Gasteiger partial charge in [-0.3, -0.25) is 4.79 Å². The minimum absolute atomic E-state index is 0.145. The van der Waals surface area contributed by atoms with E-state index in [1.54, 1.807) is 12.1 Å². The van der Waals surface area contributed by atoms with E-state index in [0.29, 0.717) is 11.5 Å². The molecule has 3 rings (SSSR count). The van der Waals surface area contributed by atoms with E-state index < -0.39 is 0 Å². The average molecular weight is 335 g/mol. The number of carbonyl (C=O) groups excluding carboxylic acids is 1. The van der Waals surface area contributed by atoms with E-state index in [1.165, 1.54) is 25.7 Å². The molecule has 2 saturated carbocycles. The number of carbonyl (C=O) groups is 1. The lowest BCUT2D eigenvalue weighted by molar-refractivity contribution is 0.0954. The maximum absolute atomic E-state index is 12.0. The molecule has 2 aliphatic carbocycles. The first kappa shape index (κ1) is 13.8. The van der Waals surface area contributed by atoms with E-state index in [-0.39, 0.29) is 5.91 Å². The summed E-state index contributed by atoms with van der Waals surface area (Å²) in [7, 11) is 0. The van der Waals surface area contributed by atoms with E-state index in [1.807, 2.05) is 19.1 Å². The molecule has 1 N–H and O–H groups in total. The standard InChI is InChI=1S/C16H19BrN2O/c1-10(15-8-11-5-6-12(15)7-11)18-19-16(20)13-3-2-4-14(17)9-13/h2-4,9,11-12,15H,5-8H2,1H3,(H,19,20)/b18-10-/t11-,12-,15-/m0/s1. The summed E-state index contributed by atoms with van der Waals surface area (Å²) >= 11 is 3.37. The summed E-state index contributed by atoms with van der Waals surface area (Å²) in [4.78, 5) is 12.0. The van der Waals surface area contributed by atoms with Gasteiger partial charge in [0.15, 0.2) is 0 Å². The lowest BCUT2D eigenvalue weighted by Gasteiger charge is -2.21. The maximum Gasteiger partial charge on any atom is 0.271 e. The van der Waals surface area contributed by atoms with Gasteiger partial charge in [-0.15, -0.1) is 0 Å². The van der Waals surface area contributed by atoms with Gasteiger partial charge in [-0.2, -0.15) is 5.10 Å². The molecule has 1 amide bonds. The van der Waals surface area contributed by atoms with Crippen LogP contribution in [0.1, 0.15) is 43.0 Å². The van der Waals surface area contributed by atoms with Gasteiger partial charge in [0.2, 0.25) is 0 Å². The van der Waals surface area contributed by atoms with Gasteiger partial charge in [0, 0.05) is 21.7 Å². The number of nitrogens with zero attached hydrogens (tertiary/aromatic N) is 1. The topological polar surface area (TPSA) is 41.5 Å². The van der Waals surface area contributed by atoms with Gasteiger partial charge in [0.25, 0.3) is 5.91 Å². The molecule has 0 heterocycles. The zero-order valence-corrected chi connectivity index (χ0v) is 13.2. The van der Waals surface area contributed by atoms with Crippen molar-refractivity contribution in [1.82, 2.24) is 5.43 Å². The molecule has 0 radical (unpaired) electrons. The van der Waals surface area contributed by atoms with Crippen LogP contribution < -0.4 is 5.43 Å². The van der Waals surface area contributed by atoms with Crippen LogP contribution in [-0.2, 0) is 0 Å². The van der Waals surface area contributed by atoms with E-state index >= 15 is 0 Å². The Balaban J connectivity index is 1.63. The Labute approximate surface area is 128 Å². The molecule has 106 valence electrons. The third-order valence-corrected chi connectivity index (χ3v) is 5.19. The van der Waals surface area contributed by atoms with Crippen molar-refractivity contribution in [3.63, 3.8) is 0 Å². The number of hydrogen-bond donors (Lipinski definition) is 1. The van der Waals surface area contributed by atoms with Crippen molar-refractivity contribution in [3.05, 3.63) is 34.3 Å². The van der Waals surface area contributed by atoms with Crippen LogP contribution in [0.5, 0.6) is 0 Å². The van der Waals surface area contributed by atoms with E-state index in [2.05, 4.69) is 26.5 Å². The second-order valence-electron chi connectivity index (χ2n) is 5.99. The average Bonchev–Trinajstić information content (AvgIpc) is 3.07. The van der Waals surface area contributed by atoms with Crippen LogP contribution in [0.15, 0.2) is 33.8 Å². The lowest BCUT2D eigenvalue weighted by Crippen LogP contribution is -2.24. The highest BCUT2D eigenvalue weighted by Gasteiger charge is 2.40. The minimum atomic E-state index is -0.145. The summed E-state index contributed by atoms with van der Waals surface area (Å²) in [5.74, 6) is 2.13. The Morgan fingerprint density at radius 2 is 2.20 bits per heavy atom. The lowest BCUT2D eigenvalue weighted by atomic mass is 9.86. The number of fused-ring (bicyclic) bond motifs is 2. The third-order valence-electron chi connectivity index (χ3n) is 4.70. The maximum atomic E-state index is 12.0. The minimum Gasteiger partial charge on any atom is -0.267 e. The molecule has 1 aromatic rings. The first-order valence-corrected chi connectivity index (χ1v) is 8.03. The van der Waals surface area contributed by atoms with Crippen molar-refractivity contribution < 1.29 is 4.79 Å². The Morgan fingerprint density at radius 3 is 2.85 bits per heavy atom. The molecule has 0 spiro atoms. The van der Waals surface area contributed by atoms with Crippen LogP contribution in [-0.4, -0.2) is 11.6 Å². The fourth-order valence-corrected chi connectivity index (χ4v) is 4.07. The normalized spacial score (nSPS) is 28.7. The Kier molecular flexibility index (Phi) is 3.92. The van der Waals surface area contributed by atoms with Gasteiger partial charge >= 0.3 is 0 Å². The zero-order chi connectivity index (χ0) is 14.1. The van der Waals surface area contributed by atoms with Crippen molar-refractivity contribution in [2.45, 2.75) is 32.6 Å². The van der Waals surface area contributed by atoms with Gasteiger partial charge in [-0.25, -0.2) is 5.43 Å². The molecule has 0 unspecified atom stereocenters. The van der Waals surface area contributed by atoms with Crippen molar-refractivity contribution in [3.8, 4) is 0 Å².